The van der Waals surface area contributed by atoms with Crippen LogP contribution in [-0.2, 0) is 0 Å². The van der Waals surface area contributed by atoms with E-state index in [-0.39, 0.29) is 17.2 Å². The van der Waals surface area contributed by atoms with Gasteiger partial charge in [-0.3, -0.25) is 4.98 Å². The number of allylic oxidation sites excluding steroid dienone is 2. The predicted molar refractivity (Wildman–Crippen MR) is 111 cm³/mol. The second-order valence-electron chi connectivity index (χ2n) is 7.57. The van der Waals surface area contributed by atoms with E-state index in [2.05, 4.69) is 29.4 Å². The second-order valence-corrected chi connectivity index (χ2v) is 7.57. The van der Waals surface area contributed by atoms with Crippen molar-refractivity contribution in [2.24, 2.45) is 16.1 Å². The lowest BCUT2D eigenvalue weighted by Crippen LogP contribution is -2.47. The number of fused-ring (bicyclic) bond motifs is 1. The summed E-state index contributed by atoms with van der Waals surface area (Å²) in [4.78, 5) is 9.37. The number of piperidine rings is 1. The molecule has 5 heteroatoms. The van der Waals surface area contributed by atoms with E-state index >= 15 is 0 Å². The summed E-state index contributed by atoms with van der Waals surface area (Å²) >= 11 is 0. The second kappa shape index (κ2) is 7.68. The molecule has 0 bridgehead atoms. The summed E-state index contributed by atoms with van der Waals surface area (Å²) in [5, 5.41) is 3.57. The fraction of sp³-hybridized carbons (Fsp3) is 0.304. The van der Waals surface area contributed by atoms with Gasteiger partial charge in [0.2, 0.25) is 0 Å². The third-order valence-corrected chi connectivity index (χ3v) is 6.03. The highest BCUT2D eigenvalue weighted by Gasteiger charge is 2.45. The number of halogens is 1. The first kappa shape index (κ1) is 18.6. The number of hydrogen-bond donors (Lipinski definition) is 2. The minimum Gasteiger partial charge on any atom is -0.404 e. The van der Waals surface area contributed by atoms with Gasteiger partial charge in [-0.25, -0.2) is 9.38 Å². The molecule has 2 atom stereocenters. The number of aromatic nitrogens is 1. The van der Waals surface area contributed by atoms with Crippen molar-refractivity contribution in [3.63, 3.8) is 0 Å². The van der Waals surface area contributed by atoms with Crippen LogP contribution in [0.1, 0.15) is 31.4 Å². The molecule has 1 fully saturated rings. The molecule has 3 N–H and O–H groups in total. The highest BCUT2D eigenvalue weighted by Crippen LogP contribution is 2.51. The van der Waals surface area contributed by atoms with Gasteiger partial charge in [-0.2, -0.15) is 0 Å². The van der Waals surface area contributed by atoms with Gasteiger partial charge in [0, 0.05) is 29.8 Å². The Bertz CT molecular complexity index is 931. The van der Waals surface area contributed by atoms with E-state index < -0.39 is 0 Å². The van der Waals surface area contributed by atoms with Gasteiger partial charge in [-0.1, -0.05) is 18.6 Å². The van der Waals surface area contributed by atoms with Crippen LogP contribution in [-0.4, -0.2) is 23.8 Å². The van der Waals surface area contributed by atoms with Gasteiger partial charge in [-0.05, 0) is 73.6 Å². The van der Waals surface area contributed by atoms with Crippen LogP contribution in [0, 0.1) is 11.2 Å². The van der Waals surface area contributed by atoms with E-state index in [1.54, 1.807) is 18.3 Å². The van der Waals surface area contributed by atoms with Crippen molar-refractivity contribution < 1.29 is 4.39 Å². The Morgan fingerprint density at radius 1 is 1.25 bits per heavy atom. The number of pyridine rings is 1. The quantitative estimate of drug-likeness (QED) is 0.842. The first-order valence-corrected chi connectivity index (χ1v) is 9.70. The number of hydrogen-bond acceptors (Lipinski definition) is 4. The molecule has 0 saturated carbocycles. The van der Waals surface area contributed by atoms with Crippen LogP contribution in [0.2, 0.25) is 0 Å². The van der Waals surface area contributed by atoms with Crippen LogP contribution in [0.15, 0.2) is 77.1 Å². The average molecular weight is 376 g/mol. The number of nitrogens with one attached hydrogen (secondary N) is 1. The topological polar surface area (TPSA) is 63.3 Å². The zero-order valence-electron chi connectivity index (χ0n) is 16.0. The van der Waals surface area contributed by atoms with E-state index in [0.717, 1.165) is 48.6 Å². The largest absolute Gasteiger partial charge is 0.404 e. The normalized spacial score (nSPS) is 26.0. The van der Waals surface area contributed by atoms with Gasteiger partial charge in [0.1, 0.15) is 5.82 Å². The highest BCUT2D eigenvalue weighted by molar-refractivity contribution is 6.11. The third-order valence-electron chi connectivity index (χ3n) is 6.03. The summed E-state index contributed by atoms with van der Waals surface area (Å²) in [5.41, 5.74) is 11.0. The lowest BCUT2D eigenvalue weighted by atomic mass is 9.60. The van der Waals surface area contributed by atoms with Crippen LogP contribution in [0.5, 0.6) is 0 Å². The molecule has 2 aliphatic rings. The molecular formula is C23H25FN4. The van der Waals surface area contributed by atoms with Gasteiger partial charge >= 0.3 is 0 Å². The van der Waals surface area contributed by atoms with Crippen molar-refractivity contribution >= 4 is 11.4 Å². The zero-order valence-corrected chi connectivity index (χ0v) is 16.0. The summed E-state index contributed by atoms with van der Waals surface area (Å²) in [5.74, 6) is -0.0165. The fourth-order valence-corrected chi connectivity index (χ4v) is 4.38. The van der Waals surface area contributed by atoms with E-state index in [4.69, 9.17) is 10.7 Å². The maximum Gasteiger partial charge on any atom is 0.123 e. The Labute approximate surface area is 165 Å². The molecule has 1 aromatic heterocycles. The number of aliphatic imine (C=N–C) groups is 1. The summed E-state index contributed by atoms with van der Waals surface area (Å²) in [6, 6.07) is 12.3. The van der Waals surface area contributed by atoms with Crippen molar-refractivity contribution in [3.8, 4) is 0 Å². The molecular weight excluding hydrogens is 351 g/mol. The van der Waals surface area contributed by atoms with Crippen LogP contribution in [0.4, 0.5) is 10.1 Å². The van der Waals surface area contributed by atoms with Crippen molar-refractivity contribution in [1.82, 2.24) is 10.3 Å². The minimum absolute atomic E-state index is 0.0698. The monoisotopic (exact) mass is 376 g/mol. The molecule has 1 saturated heterocycles. The number of benzene rings is 1. The maximum atomic E-state index is 13.2. The SMILES string of the molecule is CC(c1ccccn1)C12CNCCC1=CC(=Nc1ccc(F)cc1)C(=CN)C2. The van der Waals surface area contributed by atoms with Crippen molar-refractivity contribution in [2.75, 3.05) is 13.1 Å². The standard InChI is InChI=1S/C23H25FN4/c1-16(21-4-2-3-10-27-21)23-13-17(14-25)22(12-18(23)9-11-26-15-23)28-20-7-5-19(24)6-8-20/h2-8,10,12,14,16,26H,9,11,13,15,25H2,1H3. The molecule has 28 heavy (non-hydrogen) atoms. The lowest BCUT2D eigenvalue weighted by molar-refractivity contribution is 0.240. The number of nitrogens with zero attached hydrogens (tertiary/aromatic N) is 2. The molecule has 144 valence electrons. The maximum absolute atomic E-state index is 13.2. The fourth-order valence-electron chi connectivity index (χ4n) is 4.38. The van der Waals surface area contributed by atoms with Crippen molar-refractivity contribution in [3.05, 3.63) is 83.6 Å². The third kappa shape index (κ3) is 3.38. The lowest BCUT2D eigenvalue weighted by Gasteiger charge is -2.47. The average Bonchev–Trinajstić information content (AvgIpc) is 2.75. The Balaban J connectivity index is 1.77. The molecule has 2 aromatic rings. The Morgan fingerprint density at radius 2 is 2.07 bits per heavy atom. The molecule has 2 heterocycles. The van der Waals surface area contributed by atoms with Crippen molar-refractivity contribution in [1.29, 1.82) is 0 Å². The highest BCUT2D eigenvalue weighted by atomic mass is 19.1. The molecule has 1 aliphatic heterocycles. The Kier molecular flexibility index (Phi) is 5.09. The molecule has 4 nitrogen and oxygen atoms in total. The van der Waals surface area contributed by atoms with Crippen molar-refractivity contribution in [2.45, 2.75) is 25.7 Å². The summed E-state index contributed by atoms with van der Waals surface area (Å²) < 4.78 is 13.2. The number of nitrogens with two attached hydrogens (primary N) is 1. The van der Waals surface area contributed by atoms with E-state index in [0.29, 0.717) is 0 Å². The molecule has 1 aromatic carbocycles. The summed E-state index contributed by atoms with van der Waals surface area (Å²) in [7, 11) is 0. The molecule has 4 rings (SSSR count). The van der Waals surface area contributed by atoms with Gasteiger partial charge in [0.25, 0.3) is 0 Å². The molecule has 0 radical (unpaired) electrons. The van der Waals surface area contributed by atoms with E-state index in [1.165, 1.54) is 17.7 Å². The Hall–Kier alpha value is -2.79. The first-order chi connectivity index (χ1) is 13.6. The van der Waals surface area contributed by atoms with Crippen LogP contribution in [0.3, 0.4) is 0 Å². The molecule has 1 aliphatic carbocycles. The summed E-state index contributed by atoms with van der Waals surface area (Å²) in [6.45, 7) is 4.09. The predicted octanol–water partition coefficient (Wildman–Crippen LogP) is 4.25. The first-order valence-electron chi connectivity index (χ1n) is 9.70. The van der Waals surface area contributed by atoms with Gasteiger partial charge in [0.05, 0.1) is 11.4 Å². The van der Waals surface area contributed by atoms with Gasteiger partial charge in [0.15, 0.2) is 0 Å². The van der Waals surface area contributed by atoms with Crippen LogP contribution in [0.25, 0.3) is 0 Å². The van der Waals surface area contributed by atoms with Gasteiger partial charge in [-0.15, -0.1) is 0 Å². The smallest absolute Gasteiger partial charge is 0.123 e. The summed E-state index contributed by atoms with van der Waals surface area (Å²) in [6.07, 6.45) is 7.48. The molecule has 0 amide bonds. The molecule has 0 spiro atoms. The Morgan fingerprint density at radius 3 is 2.79 bits per heavy atom. The van der Waals surface area contributed by atoms with E-state index in [1.807, 2.05) is 18.3 Å². The minimum atomic E-state index is -0.262. The van der Waals surface area contributed by atoms with Crippen LogP contribution < -0.4 is 11.1 Å². The van der Waals surface area contributed by atoms with E-state index in [9.17, 15) is 4.39 Å². The van der Waals surface area contributed by atoms with Gasteiger partial charge < -0.3 is 11.1 Å². The number of rotatable bonds is 3. The molecule has 2 unspecified atom stereocenters. The zero-order chi connectivity index (χ0) is 19.6. The van der Waals surface area contributed by atoms with Crippen LogP contribution >= 0.6 is 0 Å².